The Morgan fingerprint density at radius 1 is 1.59 bits per heavy atom. The predicted molar refractivity (Wildman–Crippen MR) is 70.3 cm³/mol. The van der Waals surface area contributed by atoms with Crippen molar-refractivity contribution in [2.24, 2.45) is 0 Å². The maximum atomic E-state index is 11.7. The molecule has 1 unspecified atom stereocenters. The van der Waals surface area contributed by atoms with Crippen molar-refractivity contribution in [2.45, 2.75) is 12.5 Å². The zero-order valence-corrected chi connectivity index (χ0v) is 11.2. The van der Waals surface area contributed by atoms with Crippen molar-refractivity contribution < 1.29 is 4.79 Å². The molecule has 2 rings (SSSR count). The van der Waals surface area contributed by atoms with Crippen molar-refractivity contribution >= 4 is 17.4 Å². The third-order valence-corrected chi connectivity index (χ3v) is 4.06. The van der Waals surface area contributed by atoms with Gasteiger partial charge in [-0.2, -0.15) is 0 Å². The minimum absolute atomic E-state index is 0.0691. The van der Waals surface area contributed by atoms with Gasteiger partial charge in [0.1, 0.15) is 0 Å². The molecule has 1 aromatic rings. The lowest BCUT2D eigenvalue weighted by molar-refractivity contribution is 0.164. The van der Waals surface area contributed by atoms with E-state index in [-0.39, 0.29) is 12.1 Å². The molecule has 0 aromatic carbocycles. The van der Waals surface area contributed by atoms with Crippen LogP contribution in [0.1, 0.15) is 17.3 Å². The van der Waals surface area contributed by atoms with Gasteiger partial charge in [-0.05, 0) is 32.0 Å². The number of likely N-dealkylation sites (tertiary alicyclic amines) is 1. The molecule has 94 valence electrons. The Kier molecular flexibility index (Phi) is 4.02. The van der Waals surface area contributed by atoms with Crippen molar-refractivity contribution in [1.29, 1.82) is 0 Å². The van der Waals surface area contributed by atoms with Crippen molar-refractivity contribution in [2.75, 3.05) is 33.7 Å². The van der Waals surface area contributed by atoms with Gasteiger partial charge in [0, 0.05) is 24.5 Å². The minimum atomic E-state index is 0.0691. The average molecular weight is 253 g/mol. The molecular weight excluding hydrogens is 234 g/mol. The Bertz CT molecular complexity index is 360. The van der Waals surface area contributed by atoms with Crippen LogP contribution < -0.4 is 5.32 Å². The van der Waals surface area contributed by atoms with Gasteiger partial charge in [-0.3, -0.25) is 0 Å². The molecule has 1 aromatic heterocycles. The molecule has 1 aliphatic rings. The second-order valence-corrected chi connectivity index (χ2v) is 5.50. The summed E-state index contributed by atoms with van der Waals surface area (Å²) in [6.45, 7) is 2.47. The summed E-state index contributed by atoms with van der Waals surface area (Å²) in [6, 6.07) is 4.50. The highest BCUT2D eigenvalue weighted by Crippen LogP contribution is 2.22. The fraction of sp³-hybridized carbons (Fsp3) is 0.583. The molecule has 0 aliphatic carbocycles. The topological polar surface area (TPSA) is 35.6 Å². The number of thiophene rings is 1. The summed E-state index contributed by atoms with van der Waals surface area (Å²) in [4.78, 5) is 17.0. The maximum absolute atomic E-state index is 11.7. The number of nitrogens with zero attached hydrogens (tertiary/aromatic N) is 2. The van der Waals surface area contributed by atoms with Gasteiger partial charge >= 0.3 is 6.03 Å². The molecule has 0 saturated carbocycles. The molecule has 1 aliphatic heterocycles. The molecule has 1 atom stereocenters. The van der Waals surface area contributed by atoms with Crippen LogP contribution in [0.4, 0.5) is 4.79 Å². The Labute approximate surface area is 106 Å². The molecule has 0 radical (unpaired) electrons. The van der Waals surface area contributed by atoms with Gasteiger partial charge in [-0.25, -0.2) is 4.79 Å². The fourth-order valence-corrected chi connectivity index (χ4v) is 2.76. The smallest absolute Gasteiger partial charge is 0.317 e. The number of urea groups is 1. The van der Waals surface area contributed by atoms with E-state index in [1.54, 1.807) is 11.3 Å². The SMILES string of the molecule is CN(C)C(CNC(=O)N1CCC1)c1cccs1. The molecule has 2 amide bonds. The standard InChI is InChI=1S/C12H19N3OS/c1-14(2)10(11-5-3-8-17-11)9-13-12(16)15-6-4-7-15/h3,5,8,10H,4,6-7,9H2,1-2H3,(H,13,16). The Balaban J connectivity index is 1.88. The summed E-state index contributed by atoms with van der Waals surface area (Å²) in [7, 11) is 4.08. The van der Waals surface area contributed by atoms with Gasteiger partial charge < -0.3 is 15.1 Å². The molecule has 2 heterocycles. The number of rotatable bonds is 4. The van der Waals surface area contributed by atoms with E-state index < -0.39 is 0 Å². The number of nitrogens with one attached hydrogen (secondary N) is 1. The molecule has 1 N–H and O–H groups in total. The molecule has 1 saturated heterocycles. The minimum Gasteiger partial charge on any atom is -0.336 e. The van der Waals surface area contributed by atoms with Gasteiger partial charge in [0.05, 0.1) is 6.04 Å². The maximum Gasteiger partial charge on any atom is 0.317 e. The van der Waals surface area contributed by atoms with E-state index >= 15 is 0 Å². The summed E-state index contributed by atoms with van der Waals surface area (Å²) in [5.74, 6) is 0. The first kappa shape index (κ1) is 12.4. The van der Waals surface area contributed by atoms with E-state index in [4.69, 9.17) is 0 Å². The lowest BCUT2D eigenvalue weighted by Gasteiger charge is -2.32. The van der Waals surface area contributed by atoms with Crippen molar-refractivity contribution in [3.63, 3.8) is 0 Å². The van der Waals surface area contributed by atoms with Gasteiger partial charge in [-0.15, -0.1) is 11.3 Å². The summed E-state index contributed by atoms with van der Waals surface area (Å²) >= 11 is 1.73. The van der Waals surface area contributed by atoms with Crippen LogP contribution in [0.2, 0.25) is 0 Å². The summed E-state index contributed by atoms with van der Waals surface area (Å²) in [6.07, 6.45) is 1.13. The Morgan fingerprint density at radius 2 is 2.35 bits per heavy atom. The molecular formula is C12H19N3OS. The van der Waals surface area contributed by atoms with Crippen molar-refractivity contribution in [3.05, 3.63) is 22.4 Å². The fourth-order valence-electron chi connectivity index (χ4n) is 1.83. The van der Waals surface area contributed by atoms with Crippen molar-refractivity contribution in [3.8, 4) is 0 Å². The van der Waals surface area contributed by atoms with Crippen LogP contribution in [0.25, 0.3) is 0 Å². The number of amides is 2. The first-order valence-electron chi connectivity index (χ1n) is 5.91. The quantitative estimate of drug-likeness (QED) is 0.887. The number of hydrogen-bond donors (Lipinski definition) is 1. The van der Waals surface area contributed by atoms with Crippen LogP contribution >= 0.6 is 11.3 Å². The van der Waals surface area contributed by atoms with E-state index in [0.717, 1.165) is 19.5 Å². The van der Waals surface area contributed by atoms with Crippen LogP contribution in [-0.2, 0) is 0 Å². The monoisotopic (exact) mass is 253 g/mol. The second kappa shape index (κ2) is 5.51. The van der Waals surface area contributed by atoms with Gasteiger partial charge in [0.25, 0.3) is 0 Å². The van der Waals surface area contributed by atoms with Gasteiger partial charge in [0.2, 0.25) is 0 Å². The molecule has 17 heavy (non-hydrogen) atoms. The zero-order valence-electron chi connectivity index (χ0n) is 10.3. The lowest BCUT2D eigenvalue weighted by Crippen LogP contribution is -2.49. The third kappa shape index (κ3) is 2.98. The Hall–Kier alpha value is -1.07. The van der Waals surface area contributed by atoms with Crippen LogP contribution in [0, 0.1) is 0 Å². The van der Waals surface area contributed by atoms with E-state index in [1.165, 1.54) is 4.88 Å². The number of likely N-dealkylation sites (N-methyl/N-ethyl adjacent to an activating group) is 1. The largest absolute Gasteiger partial charge is 0.336 e. The molecule has 0 spiro atoms. The average Bonchev–Trinajstić information content (AvgIpc) is 2.67. The highest BCUT2D eigenvalue weighted by atomic mass is 32.1. The highest BCUT2D eigenvalue weighted by Gasteiger charge is 2.22. The van der Waals surface area contributed by atoms with Crippen LogP contribution in [-0.4, -0.2) is 49.6 Å². The first-order valence-corrected chi connectivity index (χ1v) is 6.79. The number of hydrogen-bond acceptors (Lipinski definition) is 3. The van der Waals surface area contributed by atoms with Gasteiger partial charge in [0.15, 0.2) is 0 Å². The number of carbonyl (C=O) groups is 1. The highest BCUT2D eigenvalue weighted by molar-refractivity contribution is 7.10. The third-order valence-electron chi connectivity index (χ3n) is 3.08. The second-order valence-electron chi connectivity index (χ2n) is 4.52. The molecule has 4 nitrogen and oxygen atoms in total. The lowest BCUT2D eigenvalue weighted by atomic mass is 10.2. The van der Waals surface area contributed by atoms with E-state index in [1.807, 2.05) is 25.1 Å². The molecule has 5 heteroatoms. The summed E-state index contributed by atoms with van der Waals surface area (Å²) in [5.41, 5.74) is 0. The number of carbonyl (C=O) groups excluding carboxylic acids is 1. The summed E-state index contributed by atoms with van der Waals surface area (Å²) < 4.78 is 0. The van der Waals surface area contributed by atoms with E-state index in [2.05, 4.69) is 21.7 Å². The summed E-state index contributed by atoms with van der Waals surface area (Å²) in [5, 5.41) is 5.08. The van der Waals surface area contributed by atoms with Crippen molar-refractivity contribution in [1.82, 2.24) is 15.1 Å². The molecule has 0 bridgehead atoms. The van der Waals surface area contributed by atoms with E-state index in [0.29, 0.717) is 6.54 Å². The molecule has 1 fully saturated rings. The normalized spacial score (nSPS) is 16.8. The Morgan fingerprint density at radius 3 is 2.82 bits per heavy atom. The first-order chi connectivity index (χ1) is 8.18. The van der Waals surface area contributed by atoms with Gasteiger partial charge in [-0.1, -0.05) is 6.07 Å². The van der Waals surface area contributed by atoms with Crippen LogP contribution in [0.5, 0.6) is 0 Å². The van der Waals surface area contributed by atoms with Crippen LogP contribution in [0.3, 0.4) is 0 Å². The predicted octanol–water partition coefficient (Wildman–Crippen LogP) is 1.77. The van der Waals surface area contributed by atoms with Crippen LogP contribution in [0.15, 0.2) is 17.5 Å². The van der Waals surface area contributed by atoms with E-state index in [9.17, 15) is 4.79 Å². The zero-order chi connectivity index (χ0) is 12.3.